The number of fused-ring (bicyclic) bond motifs is 2. The fraction of sp³-hybridized carbons (Fsp3) is 0.565. The molecule has 16 heteroatoms. The SMILES string of the molecule is Cn1c(=O)[nH]c(=O)c2c1nc(N1CCOCC1)n2CCCn1c(N2CCOCC2)nc2c1c(=O)[nH]c(=O)n2C. The van der Waals surface area contributed by atoms with Crippen LogP contribution in [0.2, 0.25) is 0 Å². The Morgan fingerprint density at radius 3 is 1.44 bits per heavy atom. The Labute approximate surface area is 220 Å². The van der Waals surface area contributed by atoms with E-state index in [0.29, 0.717) is 106 Å². The Morgan fingerprint density at radius 1 is 0.667 bits per heavy atom. The molecule has 6 heterocycles. The van der Waals surface area contributed by atoms with Gasteiger partial charge in [-0.25, -0.2) is 9.59 Å². The Kier molecular flexibility index (Phi) is 6.34. The first-order valence-corrected chi connectivity index (χ1v) is 12.9. The number of nitrogens with one attached hydrogen (secondary N) is 2. The van der Waals surface area contributed by atoms with E-state index in [1.807, 2.05) is 18.9 Å². The van der Waals surface area contributed by atoms with Crippen molar-refractivity contribution in [2.45, 2.75) is 19.5 Å². The number of aryl methyl sites for hydroxylation is 4. The molecule has 208 valence electrons. The number of hydrogen-bond acceptors (Lipinski definition) is 10. The molecule has 0 radical (unpaired) electrons. The summed E-state index contributed by atoms with van der Waals surface area (Å²) in [5.41, 5.74) is -0.851. The van der Waals surface area contributed by atoms with Crippen LogP contribution in [0.15, 0.2) is 19.2 Å². The summed E-state index contributed by atoms with van der Waals surface area (Å²) in [6.45, 7) is 5.31. The lowest BCUT2D eigenvalue weighted by Gasteiger charge is -2.29. The second-order valence-corrected chi connectivity index (χ2v) is 9.66. The fourth-order valence-electron chi connectivity index (χ4n) is 5.27. The molecule has 0 unspecified atom stereocenters. The topological polar surface area (TPSA) is 170 Å². The molecule has 2 N–H and O–H groups in total. The smallest absolute Gasteiger partial charge is 0.329 e. The summed E-state index contributed by atoms with van der Waals surface area (Å²) in [7, 11) is 3.15. The number of anilines is 2. The second-order valence-electron chi connectivity index (χ2n) is 9.66. The van der Waals surface area contributed by atoms with E-state index in [1.54, 1.807) is 14.1 Å². The third-order valence-electron chi connectivity index (χ3n) is 7.33. The summed E-state index contributed by atoms with van der Waals surface area (Å²) in [6.07, 6.45) is 0.510. The van der Waals surface area contributed by atoms with Crippen molar-refractivity contribution < 1.29 is 9.47 Å². The fourth-order valence-corrected chi connectivity index (χ4v) is 5.27. The molecule has 0 saturated carbocycles. The van der Waals surface area contributed by atoms with Gasteiger partial charge in [0.15, 0.2) is 22.3 Å². The number of H-pyrrole nitrogens is 2. The molecule has 2 saturated heterocycles. The molecule has 2 aliphatic rings. The van der Waals surface area contributed by atoms with Crippen molar-refractivity contribution in [2.24, 2.45) is 14.1 Å². The molecule has 0 spiro atoms. The number of morpholine rings is 2. The molecule has 0 atom stereocenters. The van der Waals surface area contributed by atoms with Gasteiger partial charge in [-0.05, 0) is 6.42 Å². The number of hydrogen-bond donors (Lipinski definition) is 2. The highest BCUT2D eigenvalue weighted by molar-refractivity contribution is 5.75. The first-order valence-electron chi connectivity index (χ1n) is 12.9. The van der Waals surface area contributed by atoms with Crippen LogP contribution in [0.1, 0.15) is 6.42 Å². The summed E-state index contributed by atoms with van der Waals surface area (Å²) in [6, 6.07) is 0. The van der Waals surface area contributed by atoms with Crippen LogP contribution in [-0.4, -0.2) is 90.8 Å². The third-order valence-corrected chi connectivity index (χ3v) is 7.33. The zero-order valence-electron chi connectivity index (χ0n) is 21.8. The molecular weight excluding hydrogens is 512 g/mol. The number of ether oxygens (including phenoxy) is 2. The monoisotopic (exact) mass is 542 g/mol. The number of aromatic nitrogens is 8. The maximum Gasteiger partial charge on any atom is 0.329 e. The molecule has 16 nitrogen and oxygen atoms in total. The van der Waals surface area contributed by atoms with Gasteiger partial charge in [0.1, 0.15) is 0 Å². The number of nitrogens with zero attached hydrogens (tertiary/aromatic N) is 8. The van der Waals surface area contributed by atoms with E-state index in [-0.39, 0.29) is 0 Å². The van der Waals surface area contributed by atoms with Crippen LogP contribution in [0, 0.1) is 0 Å². The maximum absolute atomic E-state index is 12.9. The van der Waals surface area contributed by atoms with Crippen molar-refractivity contribution in [1.29, 1.82) is 0 Å². The van der Waals surface area contributed by atoms with E-state index in [9.17, 15) is 19.2 Å². The molecule has 2 fully saturated rings. The summed E-state index contributed by atoms with van der Waals surface area (Å²) < 4.78 is 17.3. The van der Waals surface area contributed by atoms with Crippen molar-refractivity contribution >= 4 is 34.2 Å². The zero-order valence-corrected chi connectivity index (χ0v) is 21.8. The van der Waals surface area contributed by atoms with Crippen LogP contribution in [0.5, 0.6) is 0 Å². The Morgan fingerprint density at radius 2 is 1.05 bits per heavy atom. The van der Waals surface area contributed by atoms with Gasteiger partial charge < -0.3 is 28.4 Å². The summed E-state index contributed by atoms with van der Waals surface area (Å²) in [5.74, 6) is 1.17. The molecule has 0 aliphatic carbocycles. The average Bonchev–Trinajstić information content (AvgIpc) is 3.52. The van der Waals surface area contributed by atoms with Crippen molar-refractivity contribution in [3.63, 3.8) is 0 Å². The van der Waals surface area contributed by atoms with Crippen LogP contribution < -0.4 is 32.3 Å². The third kappa shape index (κ3) is 4.24. The van der Waals surface area contributed by atoms with Gasteiger partial charge >= 0.3 is 11.4 Å². The quantitative estimate of drug-likeness (QED) is 0.276. The molecular formula is C23H30N10O6. The van der Waals surface area contributed by atoms with Gasteiger partial charge in [-0.3, -0.25) is 28.7 Å². The minimum atomic E-state index is -0.532. The predicted molar refractivity (Wildman–Crippen MR) is 142 cm³/mol. The van der Waals surface area contributed by atoms with Crippen LogP contribution >= 0.6 is 0 Å². The molecule has 0 amide bonds. The highest BCUT2D eigenvalue weighted by Crippen LogP contribution is 2.24. The van der Waals surface area contributed by atoms with Crippen molar-refractivity contribution in [3.05, 3.63) is 41.7 Å². The van der Waals surface area contributed by atoms with E-state index in [2.05, 4.69) is 9.97 Å². The number of rotatable bonds is 6. The Balaban J connectivity index is 1.41. The average molecular weight is 543 g/mol. The van der Waals surface area contributed by atoms with Crippen LogP contribution in [0.4, 0.5) is 11.9 Å². The van der Waals surface area contributed by atoms with Gasteiger partial charge in [-0.15, -0.1) is 0 Å². The van der Waals surface area contributed by atoms with Gasteiger partial charge in [-0.2, -0.15) is 9.97 Å². The second kappa shape index (κ2) is 9.85. The van der Waals surface area contributed by atoms with Crippen molar-refractivity contribution in [2.75, 3.05) is 62.4 Å². The van der Waals surface area contributed by atoms with Crippen molar-refractivity contribution in [3.8, 4) is 0 Å². The standard InChI is InChI=1S/C23H30N10O6/c1-28-16-14(18(34)26-22(28)36)32(20(24-16)30-6-10-38-11-7-30)4-3-5-33-15-17(29(2)23(37)27-19(15)35)25-21(33)31-8-12-39-13-9-31/h3-13H2,1-2H3,(H,26,34,36)(H,27,35,37). The van der Waals surface area contributed by atoms with E-state index in [0.717, 1.165) is 0 Å². The van der Waals surface area contributed by atoms with Gasteiger partial charge in [0.2, 0.25) is 11.9 Å². The van der Waals surface area contributed by atoms with Crippen LogP contribution in [-0.2, 0) is 36.7 Å². The highest BCUT2D eigenvalue weighted by Gasteiger charge is 2.25. The normalized spacial score (nSPS) is 16.6. The van der Waals surface area contributed by atoms with Gasteiger partial charge in [-0.1, -0.05) is 0 Å². The summed E-state index contributed by atoms with van der Waals surface area (Å²) >= 11 is 0. The molecule has 2 aliphatic heterocycles. The van der Waals surface area contributed by atoms with Crippen LogP contribution in [0.25, 0.3) is 22.3 Å². The zero-order chi connectivity index (χ0) is 27.3. The molecule has 6 rings (SSSR count). The van der Waals surface area contributed by atoms with Gasteiger partial charge in [0.05, 0.1) is 26.4 Å². The summed E-state index contributed by atoms with van der Waals surface area (Å²) in [5, 5.41) is 0. The lowest BCUT2D eigenvalue weighted by molar-refractivity contribution is 0.121. The van der Waals surface area contributed by atoms with Gasteiger partial charge in [0.25, 0.3) is 11.1 Å². The Bertz CT molecular complexity index is 1650. The first-order chi connectivity index (χ1) is 18.8. The minimum Gasteiger partial charge on any atom is -0.378 e. The van der Waals surface area contributed by atoms with E-state index >= 15 is 0 Å². The van der Waals surface area contributed by atoms with Gasteiger partial charge in [0, 0.05) is 53.4 Å². The largest absolute Gasteiger partial charge is 0.378 e. The molecule has 4 aromatic rings. The first kappa shape index (κ1) is 25.1. The lowest BCUT2D eigenvalue weighted by Crippen LogP contribution is -2.38. The molecule has 4 aromatic heterocycles. The maximum atomic E-state index is 12.9. The summed E-state index contributed by atoms with van der Waals surface area (Å²) in [4.78, 5) is 68.6. The number of imidazole rings is 2. The highest BCUT2D eigenvalue weighted by atomic mass is 16.5. The van der Waals surface area contributed by atoms with E-state index in [4.69, 9.17) is 19.4 Å². The predicted octanol–water partition coefficient (Wildman–Crippen LogP) is -2.08. The van der Waals surface area contributed by atoms with E-state index < -0.39 is 22.5 Å². The number of aromatic amines is 2. The lowest BCUT2D eigenvalue weighted by atomic mass is 10.3. The van der Waals surface area contributed by atoms with Crippen LogP contribution in [0.3, 0.4) is 0 Å². The van der Waals surface area contributed by atoms with E-state index in [1.165, 1.54) is 9.13 Å². The van der Waals surface area contributed by atoms with Crippen molar-refractivity contribution in [1.82, 2.24) is 38.2 Å². The molecule has 39 heavy (non-hydrogen) atoms. The molecule has 0 bridgehead atoms. The Hall–Kier alpha value is -4.18. The molecule has 0 aromatic carbocycles. The minimum absolute atomic E-state index is 0.304.